The van der Waals surface area contributed by atoms with Gasteiger partial charge in [0, 0.05) is 37.0 Å². The second-order valence-corrected chi connectivity index (χ2v) is 5.92. The lowest BCUT2D eigenvalue weighted by molar-refractivity contribution is 0.300. The van der Waals surface area contributed by atoms with E-state index in [0.717, 1.165) is 35.4 Å². The Bertz CT molecular complexity index is 463. The molecule has 1 aromatic rings. The van der Waals surface area contributed by atoms with Crippen molar-refractivity contribution >= 4 is 0 Å². The summed E-state index contributed by atoms with van der Waals surface area (Å²) in [7, 11) is 1.74. The lowest BCUT2D eigenvalue weighted by Gasteiger charge is -2.19. The van der Waals surface area contributed by atoms with Gasteiger partial charge in [0.15, 0.2) is 0 Å². The molecule has 2 saturated heterocycles. The fraction of sp³-hybridized carbons (Fsp3) is 0.667. The van der Waals surface area contributed by atoms with Crippen LogP contribution in [-0.2, 0) is 6.54 Å². The minimum absolute atomic E-state index is 0.840. The van der Waals surface area contributed by atoms with Crippen LogP contribution in [0, 0.1) is 25.7 Å². The van der Waals surface area contributed by atoms with Gasteiger partial charge in [0.1, 0.15) is 5.75 Å². The van der Waals surface area contributed by atoms with E-state index in [1.807, 2.05) is 6.20 Å². The van der Waals surface area contributed by atoms with E-state index >= 15 is 0 Å². The van der Waals surface area contributed by atoms with Crippen molar-refractivity contribution in [3.63, 3.8) is 0 Å². The molecule has 2 atom stereocenters. The summed E-state index contributed by atoms with van der Waals surface area (Å²) in [6.45, 7) is 9.90. The maximum absolute atomic E-state index is 5.49. The summed E-state index contributed by atoms with van der Waals surface area (Å²) in [5, 5.41) is 3.48. The average Bonchev–Trinajstić information content (AvgIpc) is 2.94. The Kier molecular flexibility index (Phi) is 3.46. The standard InChI is InChI=1S/C15H23N3O/c1-10-4-17-14(11(2)15(10)19-3)9-18-7-12-5-16-6-13(12)8-18/h4,12-13,16H,5-9H2,1-3H3. The normalized spacial score (nSPS) is 26.7. The Morgan fingerprint density at radius 2 is 2.00 bits per heavy atom. The molecular formula is C15H23N3O. The second-order valence-electron chi connectivity index (χ2n) is 5.92. The first-order valence-corrected chi connectivity index (χ1v) is 7.11. The summed E-state index contributed by atoms with van der Waals surface area (Å²) in [4.78, 5) is 7.15. The number of ether oxygens (including phenoxy) is 1. The Morgan fingerprint density at radius 1 is 1.32 bits per heavy atom. The Hall–Kier alpha value is -1.13. The van der Waals surface area contributed by atoms with Crippen molar-refractivity contribution in [2.24, 2.45) is 11.8 Å². The van der Waals surface area contributed by atoms with Crippen LogP contribution in [0.25, 0.3) is 0 Å². The molecule has 104 valence electrons. The number of hydrogen-bond donors (Lipinski definition) is 1. The summed E-state index contributed by atoms with van der Waals surface area (Å²) in [5.74, 6) is 2.67. The molecule has 1 N–H and O–H groups in total. The molecule has 2 fully saturated rings. The van der Waals surface area contributed by atoms with Crippen LogP contribution < -0.4 is 10.1 Å². The highest BCUT2D eigenvalue weighted by Gasteiger charge is 2.36. The molecule has 0 saturated carbocycles. The van der Waals surface area contributed by atoms with E-state index in [0.29, 0.717) is 0 Å². The predicted molar refractivity (Wildman–Crippen MR) is 75.4 cm³/mol. The molecule has 0 aromatic carbocycles. The summed E-state index contributed by atoms with van der Waals surface area (Å²) < 4.78 is 5.49. The second kappa shape index (κ2) is 5.10. The smallest absolute Gasteiger partial charge is 0.128 e. The molecule has 0 radical (unpaired) electrons. The van der Waals surface area contributed by atoms with Gasteiger partial charge in [-0.2, -0.15) is 0 Å². The largest absolute Gasteiger partial charge is 0.496 e. The fourth-order valence-electron chi connectivity index (χ4n) is 3.52. The fourth-order valence-corrected chi connectivity index (χ4v) is 3.52. The van der Waals surface area contributed by atoms with Gasteiger partial charge in [0.25, 0.3) is 0 Å². The van der Waals surface area contributed by atoms with Crippen molar-refractivity contribution in [3.05, 3.63) is 23.0 Å². The van der Waals surface area contributed by atoms with Crippen molar-refractivity contribution in [1.29, 1.82) is 0 Å². The van der Waals surface area contributed by atoms with Gasteiger partial charge < -0.3 is 10.1 Å². The molecule has 4 nitrogen and oxygen atoms in total. The molecule has 3 heterocycles. The number of aryl methyl sites for hydroxylation is 1. The van der Waals surface area contributed by atoms with Gasteiger partial charge in [-0.25, -0.2) is 0 Å². The molecule has 0 spiro atoms. The van der Waals surface area contributed by atoms with Crippen LogP contribution in [-0.4, -0.2) is 43.2 Å². The monoisotopic (exact) mass is 261 g/mol. The van der Waals surface area contributed by atoms with Crippen LogP contribution in [0.4, 0.5) is 0 Å². The number of rotatable bonds is 3. The zero-order valence-corrected chi connectivity index (χ0v) is 12.1. The zero-order valence-electron chi connectivity index (χ0n) is 12.1. The number of pyridine rings is 1. The van der Waals surface area contributed by atoms with E-state index in [1.54, 1.807) is 7.11 Å². The van der Waals surface area contributed by atoms with Crippen molar-refractivity contribution in [2.45, 2.75) is 20.4 Å². The van der Waals surface area contributed by atoms with Crippen molar-refractivity contribution < 1.29 is 4.74 Å². The molecule has 2 aliphatic rings. The van der Waals surface area contributed by atoms with Gasteiger partial charge >= 0.3 is 0 Å². The number of nitrogens with one attached hydrogen (secondary N) is 1. The highest BCUT2D eigenvalue weighted by Crippen LogP contribution is 2.29. The quantitative estimate of drug-likeness (QED) is 0.891. The molecule has 3 rings (SSSR count). The number of methoxy groups -OCH3 is 1. The third-order valence-electron chi connectivity index (χ3n) is 4.59. The third-order valence-corrected chi connectivity index (χ3v) is 4.59. The Labute approximate surface area is 115 Å². The van der Waals surface area contributed by atoms with Crippen LogP contribution in [0.15, 0.2) is 6.20 Å². The minimum atomic E-state index is 0.840. The molecule has 19 heavy (non-hydrogen) atoms. The van der Waals surface area contributed by atoms with Gasteiger partial charge in [-0.3, -0.25) is 9.88 Å². The number of aromatic nitrogens is 1. The molecule has 1 aromatic heterocycles. The topological polar surface area (TPSA) is 37.4 Å². The predicted octanol–water partition coefficient (Wildman–Crippen LogP) is 1.36. The maximum Gasteiger partial charge on any atom is 0.128 e. The highest BCUT2D eigenvalue weighted by molar-refractivity contribution is 5.41. The van der Waals surface area contributed by atoms with Crippen molar-refractivity contribution in [2.75, 3.05) is 33.3 Å². The van der Waals surface area contributed by atoms with Crippen LogP contribution in [0.2, 0.25) is 0 Å². The number of likely N-dealkylation sites (tertiary alicyclic amines) is 1. The van der Waals surface area contributed by atoms with E-state index in [4.69, 9.17) is 4.74 Å². The van der Waals surface area contributed by atoms with Gasteiger partial charge in [0.05, 0.1) is 12.8 Å². The van der Waals surface area contributed by atoms with Crippen LogP contribution in [0.1, 0.15) is 16.8 Å². The lowest BCUT2D eigenvalue weighted by atomic mass is 10.0. The molecule has 2 aliphatic heterocycles. The number of nitrogens with zero attached hydrogens (tertiary/aromatic N) is 2. The van der Waals surface area contributed by atoms with E-state index in [9.17, 15) is 0 Å². The molecule has 0 aliphatic carbocycles. The molecule has 4 heteroatoms. The van der Waals surface area contributed by atoms with Gasteiger partial charge in [-0.05, 0) is 38.8 Å². The van der Waals surface area contributed by atoms with Gasteiger partial charge in [-0.1, -0.05) is 0 Å². The van der Waals surface area contributed by atoms with Crippen LogP contribution >= 0.6 is 0 Å². The lowest BCUT2D eigenvalue weighted by Crippen LogP contribution is -2.26. The summed E-state index contributed by atoms with van der Waals surface area (Å²) in [6.07, 6.45) is 1.93. The number of fused-ring (bicyclic) bond motifs is 1. The molecule has 0 amide bonds. The highest BCUT2D eigenvalue weighted by atomic mass is 16.5. The van der Waals surface area contributed by atoms with E-state index in [-0.39, 0.29) is 0 Å². The van der Waals surface area contributed by atoms with Crippen LogP contribution in [0.5, 0.6) is 5.75 Å². The van der Waals surface area contributed by atoms with E-state index in [2.05, 4.69) is 29.0 Å². The summed E-state index contributed by atoms with van der Waals surface area (Å²) in [5.41, 5.74) is 3.47. The van der Waals surface area contributed by atoms with E-state index < -0.39 is 0 Å². The first-order valence-electron chi connectivity index (χ1n) is 7.11. The summed E-state index contributed by atoms with van der Waals surface area (Å²) in [6, 6.07) is 0. The Balaban J connectivity index is 1.74. The third kappa shape index (κ3) is 2.35. The van der Waals surface area contributed by atoms with Crippen molar-refractivity contribution in [1.82, 2.24) is 15.2 Å². The van der Waals surface area contributed by atoms with Crippen molar-refractivity contribution in [3.8, 4) is 5.75 Å². The zero-order chi connectivity index (χ0) is 13.4. The first-order chi connectivity index (χ1) is 9.19. The minimum Gasteiger partial charge on any atom is -0.496 e. The Morgan fingerprint density at radius 3 is 2.63 bits per heavy atom. The molecule has 2 unspecified atom stereocenters. The van der Waals surface area contributed by atoms with E-state index in [1.165, 1.54) is 31.7 Å². The van der Waals surface area contributed by atoms with Crippen LogP contribution in [0.3, 0.4) is 0 Å². The molecule has 0 bridgehead atoms. The summed E-state index contributed by atoms with van der Waals surface area (Å²) >= 11 is 0. The SMILES string of the molecule is COc1c(C)cnc(CN2CC3CNCC3C2)c1C. The van der Waals surface area contributed by atoms with Gasteiger partial charge in [-0.15, -0.1) is 0 Å². The first kappa shape index (κ1) is 12.9. The maximum atomic E-state index is 5.49. The average molecular weight is 261 g/mol. The molecular weight excluding hydrogens is 238 g/mol. The number of hydrogen-bond acceptors (Lipinski definition) is 4. The van der Waals surface area contributed by atoms with Gasteiger partial charge in [0.2, 0.25) is 0 Å².